The molecule has 0 bridgehead atoms. The van der Waals surface area contributed by atoms with Crippen LogP contribution in [0.4, 0.5) is 0 Å². The molecule has 0 aliphatic heterocycles. The third kappa shape index (κ3) is 46.0. The highest BCUT2D eigenvalue weighted by Crippen LogP contribution is 2.43. The fourth-order valence-electron chi connectivity index (χ4n) is 6.74. The lowest BCUT2D eigenvalue weighted by atomic mass is 10.1. The lowest BCUT2D eigenvalue weighted by Gasteiger charge is -2.21. The number of rotatable bonds is 47. The number of allylic oxidation sites excluding steroid dienone is 12. The number of ether oxygens (including phenoxy) is 3. The average molecular weight is 949 g/mol. The van der Waals surface area contributed by atoms with Crippen LogP contribution in [0.25, 0.3) is 0 Å². The van der Waals surface area contributed by atoms with Crippen molar-refractivity contribution in [3.8, 4) is 0 Å². The van der Waals surface area contributed by atoms with Crippen LogP contribution in [0.5, 0.6) is 0 Å². The molecule has 0 heterocycles. The monoisotopic (exact) mass is 949 g/mol. The normalized spacial score (nSPS) is 14.1. The molecule has 0 saturated heterocycles. The van der Waals surface area contributed by atoms with Crippen molar-refractivity contribution >= 4 is 25.7 Å². The van der Waals surface area contributed by atoms with Crippen molar-refractivity contribution in [1.29, 1.82) is 0 Å². The number of hydrogen-bond donors (Lipinski definition) is 2. The van der Waals surface area contributed by atoms with Gasteiger partial charge in [-0.25, -0.2) is 4.57 Å². The van der Waals surface area contributed by atoms with Crippen molar-refractivity contribution in [2.24, 2.45) is 0 Å². The van der Waals surface area contributed by atoms with E-state index in [2.05, 4.69) is 93.7 Å². The van der Waals surface area contributed by atoms with E-state index in [1.165, 1.54) is 32.1 Å². The van der Waals surface area contributed by atoms with Crippen molar-refractivity contribution in [3.63, 3.8) is 0 Å². The lowest BCUT2D eigenvalue weighted by molar-refractivity contribution is -0.161. The van der Waals surface area contributed by atoms with Crippen LogP contribution in [-0.2, 0) is 42.2 Å². The Bertz CT molecular complexity index is 1390. The van der Waals surface area contributed by atoms with Crippen LogP contribution in [0.15, 0.2) is 72.9 Å². The van der Waals surface area contributed by atoms with Gasteiger partial charge in [0.15, 0.2) is 6.10 Å². The van der Waals surface area contributed by atoms with Crippen molar-refractivity contribution in [2.75, 3.05) is 26.4 Å². The molecule has 0 aromatic heterocycles. The Morgan fingerprint density at radius 2 is 0.788 bits per heavy atom. The van der Waals surface area contributed by atoms with Gasteiger partial charge in [0.1, 0.15) is 12.7 Å². The number of carbonyl (C=O) groups is 3. The maximum Gasteiger partial charge on any atom is 0.472 e. The number of phosphoric acid groups is 1. The van der Waals surface area contributed by atoms with Crippen molar-refractivity contribution in [2.45, 2.75) is 226 Å². The molecule has 380 valence electrons. The molecule has 0 saturated carbocycles. The Hall–Kier alpha value is -3.08. The summed E-state index contributed by atoms with van der Waals surface area (Å²) in [7, 11) is -4.75. The molecular formula is C54H93O11P. The number of unbranched alkanes of at least 4 members (excludes halogenated alkanes) is 18. The maximum absolute atomic E-state index is 12.8. The van der Waals surface area contributed by atoms with Gasteiger partial charge >= 0.3 is 25.7 Å². The van der Waals surface area contributed by atoms with E-state index in [4.69, 9.17) is 23.3 Å². The summed E-state index contributed by atoms with van der Waals surface area (Å²) < 4.78 is 39.3. The summed E-state index contributed by atoms with van der Waals surface area (Å²) in [5.74, 6) is -1.51. The van der Waals surface area contributed by atoms with Gasteiger partial charge in [-0.1, -0.05) is 184 Å². The van der Waals surface area contributed by atoms with E-state index < -0.39 is 57.8 Å². The molecule has 0 spiro atoms. The highest BCUT2D eigenvalue weighted by Gasteiger charge is 2.28. The van der Waals surface area contributed by atoms with Gasteiger partial charge in [0.25, 0.3) is 0 Å². The van der Waals surface area contributed by atoms with E-state index in [0.29, 0.717) is 19.3 Å². The van der Waals surface area contributed by atoms with Crippen molar-refractivity contribution < 1.29 is 52.2 Å². The van der Waals surface area contributed by atoms with Gasteiger partial charge in [-0.2, -0.15) is 0 Å². The van der Waals surface area contributed by atoms with Gasteiger partial charge in [0, 0.05) is 19.3 Å². The molecule has 0 aliphatic carbocycles. The zero-order valence-electron chi connectivity index (χ0n) is 41.6. The first-order valence-electron chi connectivity index (χ1n) is 25.8. The van der Waals surface area contributed by atoms with Crippen LogP contribution in [0.2, 0.25) is 0 Å². The molecule has 0 aromatic carbocycles. The first-order chi connectivity index (χ1) is 32.2. The van der Waals surface area contributed by atoms with Crippen LogP contribution in [0.3, 0.4) is 0 Å². The third-order valence-electron chi connectivity index (χ3n) is 10.6. The molecule has 0 fully saturated rings. The molecular weight excluding hydrogens is 856 g/mol. The minimum Gasteiger partial charge on any atom is -0.462 e. The molecule has 12 heteroatoms. The predicted octanol–water partition coefficient (Wildman–Crippen LogP) is 14.6. The summed E-state index contributed by atoms with van der Waals surface area (Å²) >= 11 is 0. The minimum atomic E-state index is -4.75. The molecule has 3 atom stereocenters. The van der Waals surface area contributed by atoms with Crippen LogP contribution in [0.1, 0.15) is 213 Å². The third-order valence-corrected chi connectivity index (χ3v) is 11.6. The smallest absolute Gasteiger partial charge is 0.462 e. The maximum atomic E-state index is 12.8. The van der Waals surface area contributed by atoms with Gasteiger partial charge in [-0.05, 0) is 83.5 Å². The number of phosphoric ester groups is 1. The van der Waals surface area contributed by atoms with E-state index in [9.17, 15) is 28.9 Å². The number of esters is 3. The SMILES string of the molecule is CC/C=C\C/C=C\C/C=C\CCCCCCCC(=O)OC(CO)COP(=O)(O)OCC(COC(=O)CCCCCCCCCCC)OC(=O)CCCCCCC/C=C\C/C=C\C/C=C\CC. The van der Waals surface area contributed by atoms with Gasteiger partial charge in [0.05, 0.1) is 19.8 Å². The van der Waals surface area contributed by atoms with Gasteiger partial charge < -0.3 is 24.2 Å². The Morgan fingerprint density at radius 1 is 0.439 bits per heavy atom. The molecule has 0 rings (SSSR count). The first kappa shape index (κ1) is 62.9. The summed E-state index contributed by atoms with van der Waals surface area (Å²) in [6.07, 6.45) is 51.6. The van der Waals surface area contributed by atoms with Gasteiger partial charge in [-0.3, -0.25) is 23.4 Å². The van der Waals surface area contributed by atoms with E-state index in [1.54, 1.807) is 0 Å². The average Bonchev–Trinajstić information content (AvgIpc) is 3.30. The second-order valence-electron chi connectivity index (χ2n) is 16.9. The summed E-state index contributed by atoms with van der Waals surface area (Å²) in [4.78, 5) is 48.2. The number of aliphatic hydroxyl groups excluding tert-OH is 1. The Kier molecular flexibility index (Phi) is 46.1. The number of aliphatic hydroxyl groups is 1. The summed E-state index contributed by atoms with van der Waals surface area (Å²) in [5, 5.41) is 9.77. The Balaban J connectivity index is 4.72. The second-order valence-corrected chi connectivity index (χ2v) is 18.4. The van der Waals surface area contributed by atoms with E-state index in [-0.39, 0.29) is 25.9 Å². The second kappa shape index (κ2) is 48.4. The largest absolute Gasteiger partial charge is 0.472 e. The van der Waals surface area contributed by atoms with Gasteiger partial charge in [0.2, 0.25) is 0 Å². The highest BCUT2D eigenvalue weighted by atomic mass is 31.2. The Morgan fingerprint density at radius 3 is 1.21 bits per heavy atom. The van der Waals surface area contributed by atoms with Gasteiger partial charge in [-0.15, -0.1) is 0 Å². The predicted molar refractivity (Wildman–Crippen MR) is 270 cm³/mol. The Labute approximate surface area is 401 Å². The first-order valence-corrected chi connectivity index (χ1v) is 27.3. The van der Waals surface area contributed by atoms with Crippen LogP contribution in [0, 0.1) is 0 Å². The molecule has 2 N–H and O–H groups in total. The molecule has 0 radical (unpaired) electrons. The topological polar surface area (TPSA) is 155 Å². The highest BCUT2D eigenvalue weighted by molar-refractivity contribution is 7.47. The lowest BCUT2D eigenvalue weighted by Crippen LogP contribution is -2.30. The van der Waals surface area contributed by atoms with Crippen molar-refractivity contribution in [3.05, 3.63) is 72.9 Å². The molecule has 3 unspecified atom stereocenters. The zero-order chi connectivity index (χ0) is 48.4. The summed E-state index contributed by atoms with van der Waals surface area (Å²) in [5.41, 5.74) is 0. The minimum absolute atomic E-state index is 0.146. The van der Waals surface area contributed by atoms with E-state index in [0.717, 1.165) is 122 Å². The van der Waals surface area contributed by atoms with Crippen LogP contribution >= 0.6 is 7.82 Å². The van der Waals surface area contributed by atoms with Crippen LogP contribution < -0.4 is 0 Å². The fourth-order valence-corrected chi connectivity index (χ4v) is 7.52. The fraction of sp³-hybridized carbons (Fsp3) is 0.722. The van der Waals surface area contributed by atoms with Crippen molar-refractivity contribution in [1.82, 2.24) is 0 Å². The molecule has 11 nitrogen and oxygen atoms in total. The zero-order valence-corrected chi connectivity index (χ0v) is 42.5. The molecule has 66 heavy (non-hydrogen) atoms. The van der Waals surface area contributed by atoms with Crippen LogP contribution in [-0.4, -0.2) is 66.5 Å². The quantitative estimate of drug-likeness (QED) is 0.0197. The van der Waals surface area contributed by atoms with E-state index >= 15 is 0 Å². The van der Waals surface area contributed by atoms with E-state index in [1.807, 2.05) is 0 Å². The molecule has 0 aliphatic rings. The summed E-state index contributed by atoms with van der Waals surface area (Å²) in [6.45, 7) is 4.34. The summed E-state index contributed by atoms with van der Waals surface area (Å²) in [6, 6.07) is 0. The standard InChI is InChI=1S/C54H93O11P/c1-4-7-10-13-16-19-21-23-25-27-29-32-35-38-41-44-53(57)64-50(46-55)48-62-66(59,60)63-49-51(47-61-52(56)43-40-37-34-31-18-15-12-9-6-3)65-54(58)45-42-39-36-33-30-28-26-24-22-20-17-14-11-8-5-2/h7-8,10-11,16-17,19-20,23-26,50-51,55H,4-6,9,12-15,18,21-22,27-49H2,1-3H3,(H,59,60)/b10-7-,11-8-,19-16-,20-17-,25-23-,26-24-. The molecule has 0 amide bonds. The number of carbonyl (C=O) groups excluding carboxylic acids is 3. The molecule has 0 aromatic rings. The number of hydrogen-bond acceptors (Lipinski definition) is 10.